The predicted molar refractivity (Wildman–Crippen MR) is 59.2 cm³/mol. The summed E-state index contributed by atoms with van der Waals surface area (Å²) in [6.45, 7) is 0. The summed E-state index contributed by atoms with van der Waals surface area (Å²) in [4.78, 5) is 0. The average molecular weight is 210 g/mol. The number of nitrogen functional groups attached to an aromatic ring is 1. The molecule has 13 heavy (non-hydrogen) atoms. The summed E-state index contributed by atoms with van der Waals surface area (Å²) in [5, 5.41) is 1.98. The highest BCUT2D eigenvalue weighted by Gasteiger charge is 2.03. The number of benzene rings is 1. The first-order valence-corrected chi connectivity index (χ1v) is 5.12. The Morgan fingerprint density at radius 3 is 2.31 bits per heavy atom. The molecule has 0 aliphatic heterocycles. The Labute approximate surface area is 85.8 Å². The van der Waals surface area contributed by atoms with E-state index in [1.807, 2.05) is 35.7 Å². The van der Waals surface area contributed by atoms with Crippen molar-refractivity contribution in [3.05, 3.63) is 40.0 Å². The average Bonchev–Trinajstić information content (AvgIpc) is 2.53. The summed E-state index contributed by atoms with van der Waals surface area (Å²) in [5.41, 5.74) is 8.55. The quantitative estimate of drug-likeness (QED) is 0.713. The maximum atomic E-state index is 6.00. The van der Waals surface area contributed by atoms with Crippen LogP contribution in [0.3, 0.4) is 0 Å². The molecule has 2 aromatic rings. The topological polar surface area (TPSA) is 26.0 Å². The van der Waals surface area contributed by atoms with Crippen LogP contribution in [0.1, 0.15) is 0 Å². The summed E-state index contributed by atoms with van der Waals surface area (Å²) in [5.74, 6) is 0. The Kier molecular flexibility index (Phi) is 2.25. The van der Waals surface area contributed by atoms with Gasteiger partial charge in [0.2, 0.25) is 0 Å². The van der Waals surface area contributed by atoms with Crippen LogP contribution < -0.4 is 5.73 Å². The van der Waals surface area contributed by atoms with Crippen molar-refractivity contribution in [2.24, 2.45) is 0 Å². The molecule has 0 unspecified atom stereocenters. The normalized spacial score (nSPS) is 10.2. The van der Waals surface area contributed by atoms with E-state index in [4.69, 9.17) is 17.3 Å². The molecule has 0 aliphatic carbocycles. The van der Waals surface area contributed by atoms with Gasteiger partial charge in [0, 0.05) is 11.3 Å². The van der Waals surface area contributed by atoms with E-state index in [-0.39, 0.29) is 0 Å². The maximum Gasteiger partial charge on any atom is 0.101 e. The molecule has 0 saturated heterocycles. The lowest BCUT2D eigenvalue weighted by Crippen LogP contribution is -1.82. The fourth-order valence-corrected chi connectivity index (χ4v) is 2.13. The van der Waals surface area contributed by atoms with Gasteiger partial charge in [-0.2, -0.15) is 0 Å². The second kappa shape index (κ2) is 3.40. The van der Waals surface area contributed by atoms with Crippen molar-refractivity contribution in [2.45, 2.75) is 0 Å². The van der Waals surface area contributed by atoms with Crippen molar-refractivity contribution in [2.75, 3.05) is 5.73 Å². The monoisotopic (exact) mass is 209 g/mol. The molecule has 0 amide bonds. The van der Waals surface area contributed by atoms with E-state index in [0.717, 1.165) is 21.2 Å². The van der Waals surface area contributed by atoms with Crippen molar-refractivity contribution in [1.82, 2.24) is 0 Å². The summed E-state index contributed by atoms with van der Waals surface area (Å²) in [6, 6.07) is 9.72. The van der Waals surface area contributed by atoms with Crippen LogP contribution in [0, 0.1) is 0 Å². The van der Waals surface area contributed by atoms with Gasteiger partial charge < -0.3 is 5.73 Å². The zero-order valence-electron chi connectivity index (χ0n) is 6.83. The van der Waals surface area contributed by atoms with Crippen LogP contribution >= 0.6 is 22.9 Å². The Morgan fingerprint density at radius 2 is 1.77 bits per heavy atom. The molecule has 0 atom stereocenters. The first kappa shape index (κ1) is 8.60. The van der Waals surface area contributed by atoms with E-state index in [1.165, 1.54) is 11.3 Å². The number of halogens is 1. The van der Waals surface area contributed by atoms with E-state index in [1.54, 1.807) is 0 Å². The zero-order valence-corrected chi connectivity index (χ0v) is 8.40. The van der Waals surface area contributed by atoms with Crippen molar-refractivity contribution < 1.29 is 0 Å². The molecule has 0 saturated carbocycles. The summed E-state index contributed by atoms with van der Waals surface area (Å²) in [7, 11) is 0. The smallest absolute Gasteiger partial charge is 0.101 e. The van der Waals surface area contributed by atoms with E-state index in [2.05, 4.69) is 0 Å². The molecule has 1 heterocycles. The maximum absolute atomic E-state index is 6.00. The van der Waals surface area contributed by atoms with Gasteiger partial charge in [0.25, 0.3) is 0 Å². The van der Waals surface area contributed by atoms with Crippen LogP contribution in [0.5, 0.6) is 0 Å². The number of hydrogen-bond donors (Lipinski definition) is 1. The minimum atomic E-state index is 0.773. The fourth-order valence-electron chi connectivity index (χ4n) is 1.16. The third kappa shape index (κ3) is 1.69. The highest BCUT2D eigenvalue weighted by molar-refractivity contribution is 7.15. The molecule has 66 valence electrons. The van der Waals surface area contributed by atoms with Gasteiger partial charge >= 0.3 is 0 Å². The van der Waals surface area contributed by atoms with Gasteiger partial charge in [0.05, 0.1) is 0 Å². The standard InChI is InChI=1S/C10H8ClNS/c11-10-9(5-6-13-10)7-1-3-8(12)4-2-7/h1-6H,12H2. The summed E-state index contributed by atoms with van der Waals surface area (Å²) >= 11 is 7.54. The lowest BCUT2D eigenvalue weighted by atomic mass is 10.1. The fraction of sp³-hybridized carbons (Fsp3) is 0. The van der Waals surface area contributed by atoms with Crippen LogP contribution in [-0.4, -0.2) is 0 Å². The van der Waals surface area contributed by atoms with Crippen LogP contribution in [0.15, 0.2) is 35.7 Å². The first-order chi connectivity index (χ1) is 6.27. The number of anilines is 1. The minimum absolute atomic E-state index is 0.773. The third-order valence-corrected chi connectivity index (χ3v) is 3.01. The van der Waals surface area contributed by atoms with Crippen molar-refractivity contribution in [1.29, 1.82) is 0 Å². The van der Waals surface area contributed by atoms with Gasteiger partial charge in [0.15, 0.2) is 0 Å². The predicted octanol–water partition coefficient (Wildman–Crippen LogP) is 3.65. The van der Waals surface area contributed by atoms with Crippen LogP contribution in [0.25, 0.3) is 11.1 Å². The highest BCUT2D eigenvalue weighted by atomic mass is 35.5. The molecule has 0 radical (unpaired) electrons. The van der Waals surface area contributed by atoms with Crippen molar-refractivity contribution >= 4 is 28.6 Å². The van der Waals surface area contributed by atoms with Gasteiger partial charge in [-0.1, -0.05) is 23.7 Å². The molecule has 1 aromatic carbocycles. The Bertz CT molecular complexity index is 405. The molecule has 1 aromatic heterocycles. The second-order valence-corrected chi connectivity index (χ2v) is 4.25. The van der Waals surface area contributed by atoms with Gasteiger partial charge in [-0.3, -0.25) is 0 Å². The second-order valence-electron chi connectivity index (χ2n) is 2.73. The highest BCUT2D eigenvalue weighted by Crippen LogP contribution is 2.32. The van der Waals surface area contributed by atoms with Gasteiger partial charge in [-0.05, 0) is 29.1 Å². The Balaban J connectivity index is 2.47. The van der Waals surface area contributed by atoms with E-state index < -0.39 is 0 Å². The molecule has 3 heteroatoms. The molecule has 0 bridgehead atoms. The number of hydrogen-bond acceptors (Lipinski definition) is 2. The zero-order chi connectivity index (χ0) is 9.26. The minimum Gasteiger partial charge on any atom is -0.399 e. The Morgan fingerprint density at radius 1 is 1.08 bits per heavy atom. The van der Waals surface area contributed by atoms with Crippen molar-refractivity contribution in [3.63, 3.8) is 0 Å². The molecule has 1 nitrogen and oxygen atoms in total. The molecule has 0 spiro atoms. The molecule has 0 aliphatic rings. The number of rotatable bonds is 1. The number of nitrogens with two attached hydrogens (primary N) is 1. The van der Waals surface area contributed by atoms with E-state index in [0.29, 0.717) is 0 Å². The molecular formula is C10H8ClNS. The molecule has 0 fully saturated rings. The lowest BCUT2D eigenvalue weighted by Gasteiger charge is -1.99. The van der Waals surface area contributed by atoms with E-state index in [9.17, 15) is 0 Å². The summed E-state index contributed by atoms with van der Waals surface area (Å²) in [6.07, 6.45) is 0. The molecular weight excluding hydrogens is 202 g/mol. The van der Waals surface area contributed by atoms with Crippen LogP contribution in [0.4, 0.5) is 5.69 Å². The first-order valence-electron chi connectivity index (χ1n) is 3.86. The van der Waals surface area contributed by atoms with Gasteiger partial charge in [-0.25, -0.2) is 0 Å². The lowest BCUT2D eigenvalue weighted by molar-refractivity contribution is 1.66. The van der Waals surface area contributed by atoms with Crippen LogP contribution in [0.2, 0.25) is 4.34 Å². The number of thiophene rings is 1. The molecule has 2 N–H and O–H groups in total. The SMILES string of the molecule is Nc1ccc(-c2ccsc2Cl)cc1. The van der Waals surface area contributed by atoms with Gasteiger partial charge in [-0.15, -0.1) is 11.3 Å². The van der Waals surface area contributed by atoms with E-state index >= 15 is 0 Å². The largest absolute Gasteiger partial charge is 0.399 e. The molecule has 2 rings (SSSR count). The Hall–Kier alpha value is -0.990. The third-order valence-electron chi connectivity index (χ3n) is 1.84. The van der Waals surface area contributed by atoms with Crippen LogP contribution in [-0.2, 0) is 0 Å². The summed E-state index contributed by atoms with van der Waals surface area (Å²) < 4.78 is 0.824. The van der Waals surface area contributed by atoms with Gasteiger partial charge in [0.1, 0.15) is 4.34 Å². The van der Waals surface area contributed by atoms with Crippen molar-refractivity contribution in [3.8, 4) is 11.1 Å².